The summed E-state index contributed by atoms with van der Waals surface area (Å²) in [5, 5.41) is 5.45. The first-order valence-electron chi connectivity index (χ1n) is 4.33. The van der Waals surface area contributed by atoms with Crippen molar-refractivity contribution < 1.29 is 4.79 Å². The average molecular weight is 225 g/mol. The summed E-state index contributed by atoms with van der Waals surface area (Å²) in [7, 11) is 1.56. The molecule has 0 aliphatic carbocycles. The van der Waals surface area contributed by atoms with Crippen LogP contribution in [0.5, 0.6) is 0 Å². The molecule has 2 amide bonds. The number of rotatable bonds is 1. The number of nitrogens with zero attached hydrogens (tertiary/aromatic N) is 1. The number of carbonyl (C=O) groups excluding carboxylic acids is 1. The van der Waals surface area contributed by atoms with Crippen LogP contribution in [0.25, 0.3) is 11.0 Å². The molecule has 2 rings (SSSR count). The van der Waals surface area contributed by atoms with Crippen LogP contribution in [0.3, 0.4) is 0 Å². The Hall–Kier alpha value is -1.75. The SMILES string of the molecule is CNC(=O)Nc1ccc2nc(Cl)[nH]c2c1. The Morgan fingerprint density at radius 2 is 2.33 bits per heavy atom. The molecule has 0 saturated carbocycles. The number of hydrogen-bond acceptors (Lipinski definition) is 2. The van der Waals surface area contributed by atoms with Gasteiger partial charge in [-0.1, -0.05) is 0 Å². The summed E-state index contributed by atoms with van der Waals surface area (Å²) in [4.78, 5) is 18.0. The number of carbonyl (C=O) groups is 1. The van der Waals surface area contributed by atoms with Gasteiger partial charge in [-0.05, 0) is 29.8 Å². The second-order valence-electron chi connectivity index (χ2n) is 2.96. The van der Waals surface area contributed by atoms with Crippen molar-refractivity contribution in [2.24, 2.45) is 0 Å². The van der Waals surface area contributed by atoms with Gasteiger partial charge >= 0.3 is 6.03 Å². The number of imidazole rings is 1. The Balaban J connectivity index is 2.33. The fraction of sp³-hybridized carbons (Fsp3) is 0.111. The molecule has 0 atom stereocenters. The molecule has 6 heteroatoms. The molecule has 0 aliphatic rings. The first-order chi connectivity index (χ1) is 7.19. The van der Waals surface area contributed by atoms with E-state index in [0.717, 1.165) is 11.0 Å². The molecule has 2 aromatic rings. The summed E-state index contributed by atoms with van der Waals surface area (Å²) in [6, 6.07) is 5.04. The predicted octanol–water partition coefficient (Wildman–Crippen LogP) is 1.97. The van der Waals surface area contributed by atoms with Crippen LogP contribution in [-0.2, 0) is 0 Å². The molecular weight excluding hydrogens is 216 g/mol. The van der Waals surface area contributed by atoms with Gasteiger partial charge in [0.2, 0.25) is 5.28 Å². The van der Waals surface area contributed by atoms with Gasteiger partial charge in [-0.15, -0.1) is 0 Å². The molecule has 0 radical (unpaired) electrons. The van der Waals surface area contributed by atoms with E-state index in [1.165, 1.54) is 0 Å². The maximum Gasteiger partial charge on any atom is 0.318 e. The molecular formula is C9H9ClN4O. The molecule has 1 heterocycles. The number of fused-ring (bicyclic) bond motifs is 1. The number of urea groups is 1. The minimum Gasteiger partial charge on any atom is -0.341 e. The highest BCUT2D eigenvalue weighted by Crippen LogP contribution is 2.18. The van der Waals surface area contributed by atoms with E-state index in [-0.39, 0.29) is 6.03 Å². The van der Waals surface area contributed by atoms with Crippen LogP contribution < -0.4 is 10.6 Å². The van der Waals surface area contributed by atoms with E-state index in [4.69, 9.17) is 11.6 Å². The van der Waals surface area contributed by atoms with Crippen LogP contribution in [0.15, 0.2) is 18.2 Å². The average Bonchev–Trinajstić information content (AvgIpc) is 2.57. The van der Waals surface area contributed by atoms with Crippen molar-refractivity contribution in [3.8, 4) is 0 Å². The van der Waals surface area contributed by atoms with Gasteiger partial charge in [0.05, 0.1) is 11.0 Å². The zero-order chi connectivity index (χ0) is 10.8. The number of nitrogens with one attached hydrogen (secondary N) is 3. The van der Waals surface area contributed by atoms with Gasteiger partial charge in [0.25, 0.3) is 0 Å². The fourth-order valence-electron chi connectivity index (χ4n) is 1.25. The van der Waals surface area contributed by atoms with Gasteiger partial charge in [-0.25, -0.2) is 9.78 Å². The number of halogens is 1. The zero-order valence-corrected chi connectivity index (χ0v) is 8.72. The Bertz CT molecular complexity index is 508. The third-order valence-corrected chi connectivity index (χ3v) is 2.12. The maximum atomic E-state index is 11.0. The van der Waals surface area contributed by atoms with Crippen molar-refractivity contribution in [1.29, 1.82) is 0 Å². The van der Waals surface area contributed by atoms with Crippen molar-refractivity contribution in [2.75, 3.05) is 12.4 Å². The Kier molecular flexibility index (Phi) is 2.47. The largest absolute Gasteiger partial charge is 0.341 e. The Labute approximate surface area is 90.8 Å². The van der Waals surface area contributed by atoms with Crippen molar-refractivity contribution >= 4 is 34.4 Å². The van der Waals surface area contributed by atoms with Gasteiger partial charge in [-0.2, -0.15) is 0 Å². The highest BCUT2D eigenvalue weighted by molar-refractivity contribution is 6.29. The van der Waals surface area contributed by atoms with Gasteiger partial charge in [0, 0.05) is 12.7 Å². The highest BCUT2D eigenvalue weighted by Gasteiger charge is 2.03. The lowest BCUT2D eigenvalue weighted by atomic mass is 10.3. The second kappa shape index (κ2) is 3.78. The molecule has 1 aromatic heterocycles. The molecule has 0 aliphatic heterocycles. The summed E-state index contributed by atoms with van der Waals surface area (Å²) >= 11 is 5.70. The first-order valence-corrected chi connectivity index (χ1v) is 4.71. The normalized spacial score (nSPS) is 10.3. The fourth-order valence-corrected chi connectivity index (χ4v) is 1.44. The lowest BCUT2D eigenvalue weighted by Gasteiger charge is -2.03. The van der Waals surface area contributed by atoms with Crippen LogP contribution in [0.1, 0.15) is 0 Å². The van der Waals surface area contributed by atoms with E-state index < -0.39 is 0 Å². The lowest BCUT2D eigenvalue weighted by molar-refractivity contribution is 0.254. The predicted molar refractivity (Wildman–Crippen MR) is 59.2 cm³/mol. The summed E-state index contributed by atoms with van der Waals surface area (Å²) in [6.07, 6.45) is 0. The number of benzene rings is 1. The number of aromatic nitrogens is 2. The van der Waals surface area contributed by atoms with Gasteiger partial charge in [0.15, 0.2) is 0 Å². The van der Waals surface area contributed by atoms with Crippen molar-refractivity contribution in [3.63, 3.8) is 0 Å². The molecule has 3 N–H and O–H groups in total. The van der Waals surface area contributed by atoms with Crippen LogP contribution in [-0.4, -0.2) is 23.0 Å². The second-order valence-corrected chi connectivity index (χ2v) is 3.32. The van der Waals surface area contributed by atoms with E-state index in [1.54, 1.807) is 25.2 Å². The zero-order valence-electron chi connectivity index (χ0n) is 7.97. The summed E-state index contributed by atoms with van der Waals surface area (Å²) in [5.41, 5.74) is 2.23. The number of hydrogen-bond donors (Lipinski definition) is 3. The summed E-state index contributed by atoms with van der Waals surface area (Å²) in [5.74, 6) is 0. The molecule has 1 aromatic carbocycles. The molecule has 78 valence electrons. The number of H-pyrrole nitrogens is 1. The Morgan fingerprint density at radius 3 is 3.07 bits per heavy atom. The molecule has 0 fully saturated rings. The van der Waals surface area contributed by atoms with E-state index in [2.05, 4.69) is 20.6 Å². The highest BCUT2D eigenvalue weighted by atomic mass is 35.5. The standard InChI is InChI=1S/C9H9ClN4O/c1-11-9(15)12-5-2-3-6-7(4-5)14-8(10)13-6/h2-4H,1H3,(H,13,14)(H2,11,12,15). The molecule has 0 saturated heterocycles. The monoisotopic (exact) mass is 224 g/mol. The van der Waals surface area contributed by atoms with Crippen LogP contribution >= 0.6 is 11.6 Å². The molecule has 0 spiro atoms. The summed E-state index contributed by atoms with van der Waals surface area (Å²) < 4.78 is 0. The van der Waals surface area contributed by atoms with Crippen molar-refractivity contribution in [3.05, 3.63) is 23.5 Å². The smallest absolute Gasteiger partial charge is 0.318 e. The van der Waals surface area contributed by atoms with Crippen molar-refractivity contribution in [1.82, 2.24) is 15.3 Å². The minimum absolute atomic E-state index is 0.264. The number of aromatic amines is 1. The van der Waals surface area contributed by atoms with Crippen molar-refractivity contribution in [2.45, 2.75) is 0 Å². The lowest BCUT2D eigenvalue weighted by Crippen LogP contribution is -2.24. The van der Waals surface area contributed by atoms with Crippen LogP contribution in [0.4, 0.5) is 10.5 Å². The van der Waals surface area contributed by atoms with Gasteiger partial charge < -0.3 is 15.6 Å². The van der Waals surface area contributed by atoms with E-state index in [9.17, 15) is 4.79 Å². The third kappa shape index (κ3) is 2.02. The van der Waals surface area contributed by atoms with Crippen LogP contribution in [0.2, 0.25) is 5.28 Å². The maximum absolute atomic E-state index is 11.0. The molecule has 15 heavy (non-hydrogen) atoms. The summed E-state index contributed by atoms with van der Waals surface area (Å²) in [6.45, 7) is 0. The molecule has 0 bridgehead atoms. The van der Waals surface area contributed by atoms with Gasteiger partial charge in [0.1, 0.15) is 0 Å². The van der Waals surface area contributed by atoms with E-state index in [1.807, 2.05) is 0 Å². The van der Waals surface area contributed by atoms with E-state index in [0.29, 0.717) is 11.0 Å². The van der Waals surface area contributed by atoms with Crippen LogP contribution in [0, 0.1) is 0 Å². The topological polar surface area (TPSA) is 69.8 Å². The number of anilines is 1. The minimum atomic E-state index is -0.264. The van der Waals surface area contributed by atoms with E-state index >= 15 is 0 Å². The molecule has 5 nitrogen and oxygen atoms in total. The molecule has 0 unspecified atom stereocenters. The van der Waals surface area contributed by atoms with Gasteiger partial charge in [-0.3, -0.25) is 0 Å². The first kappa shape index (κ1) is 9.79. The quantitative estimate of drug-likeness (QED) is 0.693. The third-order valence-electron chi connectivity index (χ3n) is 1.94. The Morgan fingerprint density at radius 1 is 1.53 bits per heavy atom. The number of amides is 2.